The number of hydrogen-bond donors (Lipinski definition) is 4. The smallest absolute Gasteiger partial charge is 0.305 e. The molecule has 10 heteroatoms. The lowest BCUT2D eigenvalue weighted by atomic mass is 10.0. The van der Waals surface area contributed by atoms with Crippen LogP contribution in [-0.2, 0) is 21.4 Å². The molecule has 9 nitrogen and oxygen atoms in total. The molecule has 40 heavy (non-hydrogen) atoms. The van der Waals surface area contributed by atoms with E-state index in [2.05, 4.69) is 20.0 Å². The van der Waals surface area contributed by atoms with Crippen LogP contribution in [0, 0.1) is 0 Å². The molecular formula is C30H28N4O5S. The molecule has 0 aliphatic carbocycles. The third kappa shape index (κ3) is 6.14. The lowest BCUT2D eigenvalue weighted by Gasteiger charge is -2.19. The first-order chi connectivity index (χ1) is 19.3. The number of imidazole rings is 1. The highest BCUT2D eigenvalue weighted by molar-refractivity contribution is 7.89. The summed E-state index contributed by atoms with van der Waals surface area (Å²) in [7, 11) is -2.77. The number of aromatic amines is 1. The molecule has 0 aliphatic rings. The van der Waals surface area contributed by atoms with Crippen molar-refractivity contribution >= 4 is 33.0 Å². The van der Waals surface area contributed by atoms with Crippen LogP contribution < -0.4 is 14.8 Å². The van der Waals surface area contributed by atoms with E-state index < -0.39 is 28.5 Å². The lowest BCUT2D eigenvalue weighted by Crippen LogP contribution is -2.30. The average Bonchev–Trinajstić information content (AvgIpc) is 3.39. The molecule has 0 bridgehead atoms. The van der Waals surface area contributed by atoms with Crippen LogP contribution in [0.25, 0.3) is 22.2 Å². The highest BCUT2D eigenvalue weighted by Gasteiger charge is 2.26. The number of para-hydroxylation sites is 2. The van der Waals surface area contributed by atoms with Crippen molar-refractivity contribution in [3.63, 3.8) is 0 Å². The maximum Gasteiger partial charge on any atom is 0.305 e. The SMILES string of the molecule is COc1ccc(-c2cccc(CNc3nc4ccccc4[nH]3)c2)cc1S(=O)(=O)NC(CC(=O)O)c1ccccc1. The number of H-pyrrole nitrogens is 1. The Morgan fingerprint density at radius 2 is 1.70 bits per heavy atom. The molecule has 4 N–H and O–H groups in total. The standard InChI is InChI=1S/C30H28N4O5S/c1-39-27-15-14-23(17-28(27)40(37,38)34-26(18-29(35)36)21-9-3-2-4-10-21)22-11-7-8-20(16-22)19-31-30-32-24-12-5-6-13-25(24)33-30/h2-17,26,34H,18-19H2,1H3,(H,35,36)(H2,31,32,33). The molecule has 0 amide bonds. The van der Waals surface area contributed by atoms with E-state index in [9.17, 15) is 18.3 Å². The number of rotatable bonds is 11. The number of ether oxygens (including phenoxy) is 1. The van der Waals surface area contributed by atoms with E-state index in [0.717, 1.165) is 22.2 Å². The van der Waals surface area contributed by atoms with Crippen molar-refractivity contribution in [2.24, 2.45) is 0 Å². The Morgan fingerprint density at radius 1 is 0.950 bits per heavy atom. The Kier molecular flexibility index (Phi) is 7.81. The summed E-state index contributed by atoms with van der Waals surface area (Å²) in [6, 6.07) is 28.1. The lowest BCUT2D eigenvalue weighted by molar-refractivity contribution is -0.137. The number of hydrogen-bond acceptors (Lipinski definition) is 6. The van der Waals surface area contributed by atoms with Crippen molar-refractivity contribution in [2.45, 2.75) is 23.9 Å². The van der Waals surface area contributed by atoms with Crippen molar-refractivity contribution < 1.29 is 23.1 Å². The second-order valence-corrected chi connectivity index (χ2v) is 10.9. The zero-order valence-corrected chi connectivity index (χ0v) is 22.5. The first-order valence-corrected chi connectivity index (χ1v) is 14.1. The predicted molar refractivity (Wildman–Crippen MR) is 154 cm³/mol. The van der Waals surface area contributed by atoms with Gasteiger partial charge in [0.1, 0.15) is 10.6 Å². The molecule has 5 rings (SSSR count). The molecule has 1 aromatic heterocycles. The van der Waals surface area contributed by atoms with Crippen LogP contribution >= 0.6 is 0 Å². The number of sulfonamides is 1. The Balaban J connectivity index is 1.40. The number of carboxylic acids is 1. The molecular weight excluding hydrogens is 528 g/mol. The number of fused-ring (bicyclic) bond motifs is 1. The number of methoxy groups -OCH3 is 1. The molecule has 0 spiro atoms. The highest BCUT2D eigenvalue weighted by Crippen LogP contribution is 2.32. The quantitative estimate of drug-likeness (QED) is 0.172. The van der Waals surface area contributed by atoms with Gasteiger partial charge >= 0.3 is 5.97 Å². The van der Waals surface area contributed by atoms with Gasteiger partial charge in [-0.2, -0.15) is 0 Å². The Hall–Kier alpha value is -4.67. The van der Waals surface area contributed by atoms with E-state index in [4.69, 9.17) is 4.74 Å². The molecule has 0 radical (unpaired) electrons. The van der Waals surface area contributed by atoms with Gasteiger partial charge in [-0.05, 0) is 52.6 Å². The molecule has 0 saturated heterocycles. The largest absolute Gasteiger partial charge is 0.495 e. The maximum absolute atomic E-state index is 13.6. The van der Waals surface area contributed by atoms with Gasteiger partial charge in [-0.25, -0.2) is 18.1 Å². The number of anilines is 1. The summed E-state index contributed by atoms with van der Waals surface area (Å²) < 4.78 is 35.0. The molecule has 4 aromatic carbocycles. The van der Waals surface area contributed by atoms with Gasteiger partial charge < -0.3 is 20.1 Å². The second kappa shape index (κ2) is 11.6. The summed E-state index contributed by atoms with van der Waals surface area (Å²) in [5, 5.41) is 12.7. The first kappa shape index (κ1) is 26.9. The summed E-state index contributed by atoms with van der Waals surface area (Å²) in [5.41, 5.74) is 4.82. The maximum atomic E-state index is 13.6. The van der Waals surface area contributed by atoms with Gasteiger partial charge in [-0.1, -0.05) is 66.7 Å². The average molecular weight is 557 g/mol. The van der Waals surface area contributed by atoms with Crippen molar-refractivity contribution in [1.29, 1.82) is 0 Å². The van der Waals surface area contributed by atoms with Crippen molar-refractivity contribution in [3.05, 3.63) is 108 Å². The fraction of sp³-hybridized carbons (Fsp3) is 0.133. The normalized spacial score (nSPS) is 12.2. The number of carboxylic acid groups (broad SMARTS) is 1. The van der Waals surface area contributed by atoms with Gasteiger partial charge in [0.25, 0.3) is 0 Å². The Bertz CT molecular complexity index is 1720. The van der Waals surface area contributed by atoms with Crippen LogP contribution in [0.3, 0.4) is 0 Å². The zero-order chi connectivity index (χ0) is 28.1. The summed E-state index contributed by atoms with van der Waals surface area (Å²) in [6.45, 7) is 0.504. The first-order valence-electron chi connectivity index (χ1n) is 12.6. The van der Waals surface area contributed by atoms with E-state index in [-0.39, 0.29) is 10.6 Å². The predicted octanol–water partition coefficient (Wildman–Crippen LogP) is 5.34. The third-order valence-corrected chi connectivity index (χ3v) is 7.93. The van der Waals surface area contributed by atoms with Gasteiger partial charge in [-0.15, -0.1) is 0 Å². The van der Waals surface area contributed by atoms with E-state index in [0.29, 0.717) is 23.6 Å². The number of aliphatic carboxylic acids is 1. The van der Waals surface area contributed by atoms with Crippen molar-refractivity contribution in [3.8, 4) is 16.9 Å². The topological polar surface area (TPSA) is 133 Å². The van der Waals surface area contributed by atoms with Crippen LogP contribution in [-0.4, -0.2) is 36.6 Å². The summed E-state index contributed by atoms with van der Waals surface area (Å²) in [4.78, 5) is 19.2. The van der Waals surface area contributed by atoms with Crippen LogP contribution in [0.2, 0.25) is 0 Å². The molecule has 0 saturated carbocycles. The third-order valence-electron chi connectivity index (χ3n) is 6.44. The van der Waals surface area contributed by atoms with Crippen LogP contribution in [0.4, 0.5) is 5.95 Å². The van der Waals surface area contributed by atoms with Gasteiger partial charge in [0.2, 0.25) is 16.0 Å². The fourth-order valence-corrected chi connectivity index (χ4v) is 5.91. The van der Waals surface area contributed by atoms with Gasteiger partial charge in [0, 0.05) is 6.54 Å². The molecule has 204 valence electrons. The highest BCUT2D eigenvalue weighted by atomic mass is 32.2. The Morgan fingerprint density at radius 3 is 2.45 bits per heavy atom. The number of nitrogens with one attached hydrogen (secondary N) is 3. The van der Waals surface area contributed by atoms with Crippen molar-refractivity contribution in [2.75, 3.05) is 12.4 Å². The van der Waals surface area contributed by atoms with Gasteiger partial charge in [0.15, 0.2) is 0 Å². The van der Waals surface area contributed by atoms with E-state index >= 15 is 0 Å². The minimum absolute atomic E-state index is 0.0791. The number of aromatic nitrogens is 2. The van der Waals surface area contributed by atoms with E-state index in [1.165, 1.54) is 13.2 Å². The molecule has 0 aliphatic heterocycles. The number of benzene rings is 4. The molecule has 1 unspecified atom stereocenters. The zero-order valence-electron chi connectivity index (χ0n) is 21.7. The van der Waals surface area contributed by atoms with Crippen LogP contribution in [0.5, 0.6) is 5.75 Å². The number of carbonyl (C=O) groups is 1. The van der Waals surface area contributed by atoms with Crippen LogP contribution in [0.1, 0.15) is 23.6 Å². The van der Waals surface area contributed by atoms with Crippen LogP contribution in [0.15, 0.2) is 102 Å². The van der Waals surface area contributed by atoms with E-state index in [1.807, 2.05) is 48.5 Å². The van der Waals surface area contributed by atoms with E-state index in [1.54, 1.807) is 42.5 Å². The monoisotopic (exact) mass is 556 g/mol. The molecule has 0 fully saturated rings. The minimum Gasteiger partial charge on any atom is -0.495 e. The van der Waals surface area contributed by atoms with Crippen molar-refractivity contribution in [1.82, 2.24) is 14.7 Å². The summed E-state index contributed by atoms with van der Waals surface area (Å²) in [6.07, 6.45) is -0.411. The molecule has 1 atom stereocenters. The second-order valence-electron chi connectivity index (χ2n) is 9.20. The fourth-order valence-electron chi connectivity index (χ4n) is 4.49. The molecule has 1 heterocycles. The Labute approximate surface area is 231 Å². The molecule has 5 aromatic rings. The summed E-state index contributed by atoms with van der Waals surface area (Å²) in [5.74, 6) is -0.309. The summed E-state index contributed by atoms with van der Waals surface area (Å²) >= 11 is 0. The minimum atomic E-state index is -4.16. The van der Waals surface area contributed by atoms with Gasteiger partial charge in [-0.3, -0.25) is 4.79 Å². The number of nitrogens with zero attached hydrogens (tertiary/aromatic N) is 1. The van der Waals surface area contributed by atoms with Gasteiger partial charge in [0.05, 0.1) is 30.6 Å².